The van der Waals surface area contributed by atoms with Crippen molar-refractivity contribution in [2.45, 2.75) is 37.1 Å². The van der Waals surface area contributed by atoms with Crippen LogP contribution in [0.15, 0.2) is 23.1 Å². The molecule has 7 heteroatoms. The number of thioether (sulfide) groups is 1. The molecule has 116 valence electrons. The average molecular weight is 317 g/mol. The lowest BCUT2D eigenvalue weighted by Gasteiger charge is -2.27. The smallest absolute Gasteiger partial charge is 0.329 e. The normalized spacial score (nSPS) is 11.2. The van der Waals surface area contributed by atoms with E-state index < -0.39 is 29.0 Å². The highest BCUT2D eigenvalue weighted by atomic mass is 32.2. The van der Waals surface area contributed by atoms with Crippen molar-refractivity contribution in [1.29, 1.82) is 0 Å². The minimum atomic E-state index is -1.31. The fourth-order valence-corrected chi connectivity index (χ4v) is 2.54. The van der Waals surface area contributed by atoms with Gasteiger partial charge in [0.25, 0.3) is 0 Å². The van der Waals surface area contributed by atoms with Gasteiger partial charge >= 0.3 is 5.97 Å². The van der Waals surface area contributed by atoms with E-state index in [-0.39, 0.29) is 23.5 Å². The highest BCUT2D eigenvalue weighted by Gasteiger charge is 2.36. The second-order valence-corrected chi connectivity index (χ2v) is 5.52. The molecule has 0 aliphatic carbocycles. The molecule has 0 aromatic heterocycles. The van der Waals surface area contributed by atoms with Crippen molar-refractivity contribution in [1.82, 2.24) is 5.32 Å². The van der Waals surface area contributed by atoms with Gasteiger partial charge in [0, 0.05) is 11.0 Å². The molecule has 1 amide bonds. The molecule has 0 atom stereocenters. The summed E-state index contributed by atoms with van der Waals surface area (Å²) in [4.78, 5) is 23.2. The van der Waals surface area contributed by atoms with E-state index in [1.54, 1.807) is 13.8 Å². The van der Waals surface area contributed by atoms with E-state index in [2.05, 4.69) is 5.32 Å². The molecule has 0 unspecified atom stereocenters. The number of benzene rings is 1. The van der Waals surface area contributed by atoms with E-state index in [4.69, 9.17) is 0 Å². The lowest BCUT2D eigenvalue weighted by molar-refractivity contribution is -0.147. The first kappa shape index (κ1) is 17.4. The highest BCUT2D eigenvalue weighted by molar-refractivity contribution is 8.00. The number of halogens is 2. The lowest BCUT2D eigenvalue weighted by atomic mass is 9.93. The summed E-state index contributed by atoms with van der Waals surface area (Å²) < 4.78 is 26.2. The first-order valence-corrected chi connectivity index (χ1v) is 7.45. The molecule has 0 radical (unpaired) electrons. The molecule has 1 rings (SSSR count). The van der Waals surface area contributed by atoms with Gasteiger partial charge in [-0.15, -0.1) is 11.8 Å². The molecule has 0 saturated carbocycles. The van der Waals surface area contributed by atoms with Gasteiger partial charge in [-0.2, -0.15) is 0 Å². The van der Waals surface area contributed by atoms with Crippen LogP contribution in [0.2, 0.25) is 0 Å². The highest BCUT2D eigenvalue weighted by Crippen LogP contribution is 2.23. The summed E-state index contributed by atoms with van der Waals surface area (Å²) in [6, 6.07) is 3.08. The number of carbonyl (C=O) groups is 2. The Morgan fingerprint density at radius 2 is 1.90 bits per heavy atom. The van der Waals surface area contributed by atoms with Gasteiger partial charge in [0.15, 0.2) is 0 Å². The van der Waals surface area contributed by atoms with E-state index in [1.807, 2.05) is 0 Å². The molecule has 0 aliphatic heterocycles. The van der Waals surface area contributed by atoms with E-state index >= 15 is 0 Å². The third kappa shape index (κ3) is 4.42. The molecule has 0 aliphatic rings. The fourth-order valence-electron chi connectivity index (χ4n) is 1.82. The zero-order chi connectivity index (χ0) is 16.0. The second kappa shape index (κ2) is 7.40. The van der Waals surface area contributed by atoms with Gasteiger partial charge in [0.2, 0.25) is 5.91 Å². The van der Waals surface area contributed by atoms with Gasteiger partial charge < -0.3 is 10.4 Å². The van der Waals surface area contributed by atoms with E-state index in [0.717, 1.165) is 23.9 Å². The Labute approximate surface area is 125 Å². The van der Waals surface area contributed by atoms with E-state index in [9.17, 15) is 23.5 Å². The van der Waals surface area contributed by atoms with Gasteiger partial charge in [0.05, 0.1) is 5.75 Å². The maximum Gasteiger partial charge on any atom is 0.329 e. The van der Waals surface area contributed by atoms with Gasteiger partial charge in [0.1, 0.15) is 17.2 Å². The van der Waals surface area contributed by atoms with Crippen molar-refractivity contribution in [2.75, 3.05) is 5.75 Å². The first-order valence-electron chi connectivity index (χ1n) is 6.47. The Balaban J connectivity index is 2.67. The lowest BCUT2D eigenvalue weighted by Crippen LogP contribution is -2.54. The van der Waals surface area contributed by atoms with Crippen molar-refractivity contribution >= 4 is 23.6 Å². The number of aliphatic carboxylic acids is 1. The van der Waals surface area contributed by atoms with Crippen LogP contribution >= 0.6 is 11.8 Å². The van der Waals surface area contributed by atoms with Crippen molar-refractivity contribution in [3.63, 3.8) is 0 Å². The zero-order valence-corrected chi connectivity index (χ0v) is 12.6. The van der Waals surface area contributed by atoms with Crippen molar-refractivity contribution in [3.8, 4) is 0 Å². The van der Waals surface area contributed by atoms with Gasteiger partial charge in [-0.05, 0) is 25.0 Å². The first-order chi connectivity index (χ1) is 9.84. The quantitative estimate of drug-likeness (QED) is 0.759. The van der Waals surface area contributed by atoms with Gasteiger partial charge in [-0.25, -0.2) is 13.6 Å². The summed E-state index contributed by atoms with van der Waals surface area (Å²) in [6.07, 6.45) is 0.500. The molecule has 1 aromatic rings. The number of nitrogens with one attached hydrogen (secondary N) is 1. The number of carbonyl (C=O) groups excluding carboxylic acids is 1. The van der Waals surface area contributed by atoms with Crippen LogP contribution < -0.4 is 5.32 Å². The van der Waals surface area contributed by atoms with Crippen LogP contribution in [0.25, 0.3) is 0 Å². The largest absolute Gasteiger partial charge is 0.480 e. The summed E-state index contributed by atoms with van der Waals surface area (Å²) in [5.74, 6) is -3.18. The fraction of sp³-hybridized carbons (Fsp3) is 0.429. The second-order valence-electron chi connectivity index (χ2n) is 4.51. The summed E-state index contributed by atoms with van der Waals surface area (Å²) in [5.41, 5.74) is -1.31. The summed E-state index contributed by atoms with van der Waals surface area (Å²) >= 11 is 0.891. The van der Waals surface area contributed by atoms with Crippen LogP contribution in [-0.4, -0.2) is 28.3 Å². The van der Waals surface area contributed by atoms with Gasteiger partial charge in [-0.1, -0.05) is 13.8 Å². The molecule has 2 N–H and O–H groups in total. The van der Waals surface area contributed by atoms with Crippen molar-refractivity contribution in [3.05, 3.63) is 29.8 Å². The number of carboxylic acid groups (broad SMARTS) is 1. The van der Waals surface area contributed by atoms with Crippen LogP contribution in [0.5, 0.6) is 0 Å². The van der Waals surface area contributed by atoms with Crippen molar-refractivity contribution in [2.24, 2.45) is 0 Å². The average Bonchev–Trinajstić information content (AvgIpc) is 2.43. The number of carboxylic acids is 1. The Morgan fingerprint density at radius 3 is 2.38 bits per heavy atom. The molecule has 0 heterocycles. The van der Waals surface area contributed by atoms with Crippen LogP contribution in [0, 0.1) is 11.6 Å². The molecular formula is C14H17F2NO3S. The van der Waals surface area contributed by atoms with Gasteiger partial charge in [-0.3, -0.25) is 4.79 Å². The molecular weight excluding hydrogens is 300 g/mol. The Kier molecular flexibility index (Phi) is 6.14. The summed E-state index contributed by atoms with van der Waals surface area (Å²) in [5, 5.41) is 11.7. The Hall–Kier alpha value is -1.63. The Bertz CT molecular complexity index is 533. The number of hydrogen-bond donors (Lipinski definition) is 2. The monoisotopic (exact) mass is 317 g/mol. The molecule has 4 nitrogen and oxygen atoms in total. The minimum absolute atomic E-state index is 0.139. The molecule has 0 bridgehead atoms. The van der Waals surface area contributed by atoms with Crippen LogP contribution in [-0.2, 0) is 9.59 Å². The third-order valence-electron chi connectivity index (χ3n) is 3.25. The number of hydrogen-bond acceptors (Lipinski definition) is 3. The molecule has 0 fully saturated rings. The number of amides is 1. The van der Waals surface area contributed by atoms with Crippen LogP contribution in [0.4, 0.5) is 8.78 Å². The third-order valence-corrected chi connectivity index (χ3v) is 4.30. The van der Waals surface area contributed by atoms with E-state index in [0.29, 0.717) is 0 Å². The maximum absolute atomic E-state index is 13.4. The summed E-state index contributed by atoms with van der Waals surface area (Å²) in [7, 11) is 0. The summed E-state index contributed by atoms with van der Waals surface area (Å²) in [6.45, 7) is 3.34. The van der Waals surface area contributed by atoms with Crippen molar-refractivity contribution < 1.29 is 23.5 Å². The predicted molar refractivity (Wildman–Crippen MR) is 76.2 cm³/mol. The standard InChI is InChI=1S/C14H17F2NO3S/c1-3-14(4-2,13(19)20)17-12(18)8-21-11-6-5-9(15)7-10(11)16/h5-7H,3-4,8H2,1-2H3,(H,17,18)(H,19,20). The van der Waals surface area contributed by atoms with Crippen LogP contribution in [0.1, 0.15) is 26.7 Å². The molecule has 0 spiro atoms. The molecule has 1 aromatic carbocycles. The minimum Gasteiger partial charge on any atom is -0.480 e. The predicted octanol–water partition coefficient (Wildman–Crippen LogP) is 2.82. The molecule has 21 heavy (non-hydrogen) atoms. The van der Waals surface area contributed by atoms with Crippen LogP contribution in [0.3, 0.4) is 0 Å². The topological polar surface area (TPSA) is 66.4 Å². The SMILES string of the molecule is CCC(CC)(NC(=O)CSc1ccc(F)cc1F)C(=O)O. The molecule has 0 saturated heterocycles. The number of rotatable bonds is 7. The maximum atomic E-state index is 13.4. The Morgan fingerprint density at radius 1 is 1.29 bits per heavy atom. The zero-order valence-electron chi connectivity index (χ0n) is 11.8. The van der Waals surface area contributed by atoms with E-state index in [1.165, 1.54) is 6.07 Å².